The van der Waals surface area contributed by atoms with Gasteiger partial charge in [-0.05, 0) is 25.8 Å². The summed E-state index contributed by atoms with van der Waals surface area (Å²) >= 11 is 1.71. The quantitative estimate of drug-likeness (QED) is 0.561. The first-order chi connectivity index (χ1) is 15.2. The first-order valence-electron chi connectivity index (χ1n) is 10.7. The number of aromatic amines is 1. The third-order valence-electron chi connectivity index (χ3n) is 5.68. The number of nitrogens with one attached hydrogen (secondary N) is 1. The van der Waals surface area contributed by atoms with E-state index in [1.165, 1.54) is 28.5 Å². The zero-order chi connectivity index (χ0) is 23.3. The van der Waals surface area contributed by atoms with Gasteiger partial charge in [-0.15, -0.1) is 0 Å². The number of rotatable bonds is 7. The Labute approximate surface area is 192 Å². The van der Waals surface area contributed by atoms with Gasteiger partial charge in [0.15, 0.2) is 0 Å². The first-order valence-corrected chi connectivity index (χ1v) is 13.3. The highest BCUT2D eigenvalue weighted by molar-refractivity contribution is 7.99. The molecule has 1 aromatic heterocycles. The van der Waals surface area contributed by atoms with Crippen molar-refractivity contribution in [1.29, 1.82) is 0 Å². The smallest absolute Gasteiger partial charge is 0.309 e. The van der Waals surface area contributed by atoms with Gasteiger partial charge >= 0.3 is 5.97 Å². The lowest BCUT2D eigenvalue weighted by Gasteiger charge is -2.32. The minimum atomic E-state index is -3.65. The van der Waals surface area contributed by atoms with E-state index in [4.69, 9.17) is 4.74 Å². The highest BCUT2D eigenvalue weighted by atomic mass is 32.2. The van der Waals surface area contributed by atoms with Gasteiger partial charge in [0, 0.05) is 50.9 Å². The molecule has 0 bridgehead atoms. The molecule has 0 saturated carbocycles. The van der Waals surface area contributed by atoms with E-state index in [9.17, 15) is 22.8 Å². The van der Waals surface area contributed by atoms with Crippen LogP contribution in [-0.4, -0.2) is 103 Å². The molecule has 0 spiro atoms. The molecule has 0 unspecified atom stereocenters. The number of aromatic nitrogens is 1. The highest BCUT2D eigenvalue weighted by Gasteiger charge is 2.30. The average Bonchev–Trinajstić information content (AvgIpc) is 3.30. The number of hydrogen-bond donors (Lipinski definition) is 1. The fourth-order valence-corrected chi connectivity index (χ4v) is 6.36. The predicted octanol–water partition coefficient (Wildman–Crippen LogP) is 0.626. The van der Waals surface area contributed by atoms with Crippen LogP contribution in [0.15, 0.2) is 17.2 Å². The van der Waals surface area contributed by atoms with Crippen molar-refractivity contribution < 1.29 is 27.5 Å². The lowest BCUT2D eigenvalue weighted by molar-refractivity contribution is -0.151. The normalized spacial score (nSPS) is 18.4. The molecular formula is C20H30N4O6S2. The van der Waals surface area contributed by atoms with Crippen molar-refractivity contribution in [2.75, 3.05) is 57.9 Å². The van der Waals surface area contributed by atoms with Crippen LogP contribution in [0.25, 0.3) is 0 Å². The van der Waals surface area contributed by atoms with Crippen LogP contribution in [-0.2, 0) is 24.3 Å². The molecule has 2 aliphatic rings. The fraction of sp³-hybridized carbons (Fsp3) is 0.650. The maximum absolute atomic E-state index is 12.8. The van der Waals surface area contributed by atoms with Crippen LogP contribution in [0.3, 0.4) is 0 Å². The van der Waals surface area contributed by atoms with Crippen LogP contribution in [0.4, 0.5) is 0 Å². The van der Waals surface area contributed by atoms with E-state index >= 15 is 0 Å². The summed E-state index contributed by atoms with van der Waals surface area (Å²) in [4.78, 5) is 42.9. The summed E-state index contributed by atoms with van der Waals surface area (Å²) in [6.45, 7) is 3.73. The number of sulfonamides is 1. The number of likely N-dealkylation sites (N-methyl/N-ethyl adjacent to an activating group) is 1. The summed E-state index contributed by atoms with van der Waals surface area (Å²) in [6.07, 6.45) is 2.39. The van der Waals surface area contributed by atoms with Crippen molar-refractivity contribution in [2.24, 2.45) is 5.92 Å². The zero-order valence-electron chi connectivity index (χ0n) is 18.4. The Morgan fingerprint density at radius 1 is 1.19 bits per heavy atom. The number of thioether (sulfide) groups is 1. The Balaban J connectivity index is 1.55. The van der Waals surface area contributed by atoms with Gasteiger partial charge in [-0.25, -0.2) is 8.42 Å². The summed E-state index contributed by atoms with van der Waals surface area (Å²) in [7, 11) is -2.15. The molecule has 1 aromatic rings. The molecule has 178 valence electrons. The van der Waals surface area contributed by atoms with Crippen molar-refractivity contribution in [1.82, 2.24) is 19.1 Å². The molecule has 0 radical (unpaired) electrons. The molecule has 2 amide bonds. The topological polar surface area (TPSA) is 120 Å². The van der Waals surface area contributed by atoms with Gasteiger partial charge in [0.1, 0.15) is 10.6 Å². The minimum absolute atomic E-state index is 0.0496. The second-order valence-corrected chi connectivity index (χ2v) is 11.0. The van der Waals surface area contributed by atoms with Gasteiger partial charge < -0.3 is 19.5 Å². The Morgan fingerprint density at radius 2 is 1.84 bits per heavy atom. The van der Waals surface area contributed by atoms with Crippen LogP contribution in [0.2, 0.25) is 0 Å². The molecule has 2 fully saturated rings. The zero-order valence-corrected chi connectivity index (χ0v) is 20.0. The number of esters is 1. The minimum Gasteiger partial charge on any atom is -0.466 e. The van der Waals surface area contributed by atoms with Crippen molar-refractivity contribution in [2.45, 2.75) is 24.7 Å². The number of nitrogens with zero attached hydrogens (tertiary/aromatic N) is 3. The van der Waals surface area contributed by atoms with Crippen LogP contribution in [0.1, 0.15) is 30.3 Å². The van der Waals surface area contributed by atoms with E-state index in [1.54, 1.807) is 23.6 Å². The number of amides is 2. The molecule has 32 heavy (non-hydrogen) atoms. The summed E-state index contributed by atoms with van der Waals surface area (Å²) in [5.74, 6) is 0.391. The molecule has 0 atom stereocenters. The van der Waals surface area contributed by atoms with Gasteiger partial charge in [-0.3, -0.25) is 14.4 Å². The van der Waals surface area contributed by atoms with Crippen molar-refractivity contribution in [3.05, 3.63) is 18.0 Å². The van der Waals surface area contributed by atoms with Crippen LogP contribution in [0.5, 0.6) is 0 Å². The van der Waals surface area contributed by atoms with E-state index in [0.29, 0.717) is 45.6 Å². The number of H-pyrrole nitrogens is 1. The molecule has 0 aromatic carbocycles. The molecule has 0 aliphatic carbocycles. The SMILES string of the molecule is CCOC(=O)C1CCN(C(=O)CN(C)C(=O)c2cc(S(=O)(=O)N3CCSCC3)c[nH]2)CC1. The Hall–Kier alpha value is -2.05. The van der Waals surface area contributed by atoms with Crippen LogP contribution < -0.4 is 0 Å². The molecule has 3 rings (SSSR count). The second-order valence-electron chi connectivity index (χ2n) is 7.83. The second kappa shape index (κ2) is 10.7. The molecule has 1 N–H and O–H groups in total. The molecule has 2 aliphatic heterocycles. The van der Waals surface area contributed by atoms with Gasteiger partial charge in [0.2, 0.25) is 15.9 Å². The summed E-state index contributed by atoms with van der Waals surface area (Å²) in [6, 6.07) is 1.32. The van der Waals surface area contributed by atoms with E-state index in [-0.39, 0.29) is 34.9 Å². The monoisotopic (exact) mass is 486 g/mol. The van der Waals surface area contributed by atoms with Crippen molar-refractivity contribution >= 4 is 39.6 Å². The largest absolute Gasteiger partial charge is 0.466 e. The van der Waals surface area contributed by atoms with Gasteiger partial charge in [0.25, 0.3) is 5.91 Å². The predicted molar refractivity (Wildman–Crippen MR) is 120 cm³/mol. The first kappa shape index (κ1) is 24.6. The number of piperidine rings is 1. The third-order valence-corrected chi connectivity index (χ3v) is 8.50. The Morgan fingerprint density at radius 3 is 2.47 bits per heavy atom. The van der Waals surface area contributed by atoms with Crippen LogP contribution in [0, 0.1) is 5.92 Å². The molecule has 2 saturated heterocycles. The lowest BCUT2D eigenvalue weighted by Crippen LogP contribution is -2.45. The van der Waals surface area contributed by atoms with E-state index in [2.05, 4.69) is 4.98 Å². The molecular weight excluding hydrogens is 456 g/mol. The Kier molecular flexibility index (Phi) is 8.23. The Bertz CT molecular complexity index is 934. The van der Waals surface area contributed by atoms with Crippen molar-refractivity contribution in [3.63, 3.8) is 0 Å². The van der Waals surface area contributed by atoms with Gasteiger partial charge in [-0.2, -0.15) is 16.1 Å². The summed E-state index contributed by atoms with van der Waals surface area (Å²) in [5, 5.41) is 0. The fourth-order valence-electron chi connectivity index (χ4n) is 3.79. The van der Waals surface area contributed by atoms with Gasteiger partial charge in [0.05, 0.1) is 19.1 Å². The van der Waals surface area contributed by atoms with E-state index in [1.807, 2.05) is 0 Å². The lowest BCUT2D eigenvalue weighted by atomic mass is 9.97. The molecule has 12 heteroatoms. The third kappa shape index (κ3) is 5.65. The number of ether oxygens (including phenoxy) is 1. The molecule has 10 nitrogen and oxygen atoms in total. The number of carbonyl (C=O) groups is 3. The van der Waals surface area contributed by atoms with Gasteiger partial charge in [-0.1, -0.05) is 0 Å². The van der Waals surface area contributed by atoms with E-state index < -0.39 is 15.9 Å². The summed E-state index contributed by atoms with van der Waals surface area (Å²) in [5.41, 5.74) is 0.117. The maximum atomic E-state index is 12.8. The average molecular weight is 487 g/mol. The maximum Gasteiger partial charge on any atom is 0.309 e. The number of hydrogen-bond acceptors (Lipinski definition) is 7. The van der Waals surface area contributed by atoms with Crippen LogP contribution >= 0.6 is 11.8 Å². The highest BCUT2D eigenvalue weighted by Crippen LogP contribution is 2.22. The molecule has 3 heterocycles. The number of carbonyl (C=O) groups excluding carboxylic acids is 3. The standard InChI is InChI=1S/C20H30N4O6S2/c1-3-30-20(27)15-4-6-23(7-5-15)18(25)14-22(2)19(26)17-12-16(13-21-17)32(28,29)24-8-10-31-11-9-24/h12-13,15,21H,3-11,14H2,1-2H3. The van der Waals surface area contributed by atoms with E-state index in [0.717, 1.165) is 11.5 Å². The summed E-state index contributed by atoms with van der Waals surface area (Å²) < 4.78 is 32.0. The number of likely N-dealkylation sites (tertiary alicyclic amines) is 1. The van der Waals surface area contributed by atoms with Crippen molar-refractivity contribution in [3.8, 4) is 0 Å².